The number of carbonyl (C=O) groups excluding carboxylic acids is 4. The van der Waals surface area contributed by atoms with E-state index < -0.39 is 34.7 Å². The van der Waals surface area contributed by atoms with E-state index in [4.69, 9.17) is 18.9 Å². The lowest BCUT2D eigenvalue weighted by Gasteiger charge is -2.45. The first-order valence-electron chi connectivity index (χ1n) is 9.07. The van der Waals surface area contributed by atoms with Gasteiger partial charge in [-0.05, 0) is 40.5 Å². The summed E-state index contributed by atoms with van der Waals surface area (Å²) in [5.74, 6) is -3.84. The fourth-order valence-corrected chi connectivity index (χ4v) is 3.50. The largest absolute Gasteiger partial charge is 0.465 e. The summed E-state index contributed by atoms with van der Waals surface area (Å²) in [6, 6.07) is 0. The molecule has 8 heteroatoms. The van der Waals surface area contributed by atoms with E-state index in [2.05, 4.69) is 0 Å². The first-order chi connectivity index (χ1) is 12.4. The first-order valence-corrected chi connectivity index (χ1v) is 9.07. The Kier molecular flexibility index (Phi) is 8.05. The van der Waals surface area contributed by atoms with Gasteiger partial charge < -0.3 is 18.9 Å². The highest BCUT2D eigenvalue weighted by Gasteiger charge is 2.73. The zero-order valence-corrected chi connectivity index (χ0v) is 15.9. The van der Waals surface area contributed by atoms with Gasteiger partial charge in [0, 0.05) is 0 Å². The van der Waals surface area contributed by atoms with Crippen LogP contribution in [0.2, 0.25) is 0 Å². The average Bonchev–Trinajstić information content (AvgIpc) is 2.62. The van der Waals surface area contributed by atoms with Gasteiger partial charge in [-0.2, -0.15) is 0 Å². The normalized spacial score (nSPS) is 17.7. The topological polar surface area (TPSA) is 105 Å². The van der Waals surface area contributed by atoms with Crippen LogP contribution in [0.25, 0.3) is 0 Å². The molecule has 0 spiro atoms. The van der Waals surface area contributed by atoms with Crippen molar-refractivity contribution >= 4 is 23.9 Å². The first kappa shape index (κ1) is 21.9. The summed E-state index contributed by atoms with van der Waals surface area (Å²) in [6.45, 7) is 6.27. The third kappa shape index (κ3) is 3.54. The van der Waals surface area contributed by atoms with Crippen LogP contribution in [0.4, 0.5) is 0 Å². The second kappa shape index (κ2) is 9.54. The minimum atomic E-state index is -2.12. The Hall–Kier alpha value is -2.12. The summed E-state index contributed by atoms with van der Waals surface area (Å²) in [5.41, 5.74) is -4.23. The van der Waals surface area contributed by atoms with E-state index in [1.54, 1.807) is 27.7 Å². The monoisotopic (exact) mass is 372 g/mol. The van der Waals surface area contributed by atoms with Gasteiger partial charge in [0.1, 0.15) is 0 Å². The van der Waals surface area contributed by atoms with Gasteiger partial charge in [-0.1, -0.05) is 12.8 Å². The van der Waals surface area contributed by atoms with Crippen LogP contribution in [0, 0.1) is 10.8 Å². The Bertz CT molecular complexity index is 455. The molecule has 0 heterocycles. The van der Waals surface area contributed by atoms with E-state index in [0.29, 0.717) is 12.8 Å². The number of hydrogen-bond donors (Lipinski definition) is 0. The molecule has 8 nitrogen and oxygen atoms in total. The van der Waals surface area contributed by atoms with E-state index in [0.717, 1.165) is 0 Å². The SMILES string of the molecule is CCOC(=O)C1(C(=O)OCC)CCCCC1(C(=O)OCC)C(=O)OCC. The van der Waals surface area contributed by atoms with Crippen molar-refractivity contribution in [3.05, 3.63) is 0 Å². The number of rotatable bonds is 8. The van der Waals surface area contributed by atoms with Gasteiger partial charge in [-0.15, -0.1) is 0 Å². The maximum Gasteiger partial charge on any atom is 0.325 e. The van der Waals surface area contributed by atoms with Crippen molar-refractivity contribution in [3.63, 3.8) is 0 Å². The quantitative estimate of drug-likeness (QED) is 0.361. The Morgan fingerprint density at radius 1 is 0.577 bits per heavy atom. The Morgan fingerprint density at radius 2 is 0.808 bits per heavy atom. The van der Waals surface area contributed by atoms with Gasteiger partial charge in [0.25, 0.3) is 0 Å². The second-order valence-corrected chi connectivity index (χ2v) is 5.90. The van der Waals surface area contributed by atoms with Crippen LogP contribution in [0.5, 0.6) is 0 Å². The molecule has 1 aliphatic rings. The molecule has 0 aromatic heterocycles. The molecule has 0 aromatic carbocycles. The predicted octanol–water partition coefficient (Wildman–Crippen LogP) is 1.79. The Morgan fingerprint density at radius 3 is 1.00 bits per heavy atom. The Labute approximate surface area is 153 Å². The standard InChI is InChI=1S/C18H28O8/c1-5-23-13(19)17(14(20)24-6-2)11-9-10-12-18(17,15(21)25-7-3)16(22)26-8-4/h5-12H2,1-4H3. The van der Waals surface area contributed by atoms with Crippen molar-refractivity contribution in [2.75, 3.05) is 26.4 Å². The third-order valence-electron chi connectivity index (χ3n) is 4.58. The molecular formula is C18H28O8. The second-order valence-electron chi connectivity index (χ2n) is 5.90. The van der Waals surface area contributed by atoms with Gasteiger partial charge in [-0.3, -0.25) is 19.2 Å². The summed E-state index contributed by atoms with van der Waals surface area (Å²) in [5, 5.41) is 0. The van der Waals surface area contributed by atoms with Crippen molar-refractivity contribution < 1.29 is 38.1 Å². The van der Waals surface area contributed by atoms with E-state index in [1.165, 1.54) is 0 Å². The summed E-state index contributed by atoms with van der Waals surface area (Å²) >= 11 is 0. The molecule has 0 bridgehead atoms. The maximum atomic E-state index is 12.9. The molecule has 0 unspecified atom stereocenters. The molecule has 1 fully saturated rings. The smallest absolute Gasteiger partial charge is 0.325 e. The predicted molar refractivity (Wildman–Crippen MR) is 89.9 cm³/mol. The fourth-order valence-electron chi connectivity index (χ4n) is 3.50. The average molecular weight is 372 g/mol. The summed E-state index contributed by atoms with van der Waals surface area (Å²) in [4.78, 5) is 51.7. The summed E-state index contributed by atoms with van der Waals surface area (Å²) in [6.07, 6.45) is 0.807. The fraction of sp³-hybridized carbons (Fsp3) is 0.778. The van der Waals surface area contributed by atoms with Gasteiger partial charge in [0.2, 0.25) is 0 Å². The van der Waals surface area contributed by atoms with Crippen molar-refractivity contribution in [2.45, 2.75) is 53.4 Å². The number of carbonyl (C=O) groups is 4. The number of ether oxygens (including phenoxy) is 4. The van der Waals surface area contributed by atoms with Crippen LogP contribution < -0.4 is 0 Å². The van der Waals surface area contributed by atoms with E-state index in [9.17, 15) is 19.2 Å². The molecule has 1 aliphatic carbocycles. The minimum Gasteiger partial charge on any atom is -0.465 e. The van der Waals surface area contributed by atoms with Crippen LogP contribution >= 0.6 is 0 Å². The minimum absolute atomic E-state index is 0.0122. The van der Waals surface area contributed by atoms with Gasteiger partial charge in [0.05, 0.1) is 26.4 Å². The molecule has 0 radical (unpaired) electrons. The van der Waals surface area contributed by atoms with Crippen LogP contribution in [0.1, 0.15) is 53.4 Å². The van der Waals surface area contributed by atoms with Crippen molar-refractivity contribution in [2.24, 2.45) is 10.8 Å². The molecule has 0 N–H and O–H groups in total. The van der Waals surface area contributed by atoms with Gasteiger partial charge in [0.15, 0.2) is 10.8 Å². The molecule has 0 amide bonds. The summed E-state index contributed by atoms with van der Waals surface area (Å²) < 4.78 is 20.4. The van der Waals surface area contributed by atoms with E-state index >= 15 is 0 Å². The lowest BCUT2D eigenvalue weighted by atomic mass is 9.55. The maximum absolute atomic E-state index is 12.9. The highest BCUT2D eigenvalue weighted by Crippen LogP contribution is 2.54. The van der Waals surface area contributed by atoms with Crippen LogP contribution in [0.15, 0.2) is 0 Å². The zero-order valence-electron chi connectivity index (χ0n) is 15.9. The molecule has 26 heavy (non-hydrogen) atoms. The third-order valence-corrected chi connectivity index (χ3v) is 4.58. The van der Waals surface area contributed by atoms with Crippen molar-refractivity contribution in [1.82, 2.24) is 0 Å². The zero-order chi connectivity index (χ0) is 19.8. The number of hydrogen-bond acceptors (Lipinski definition) is 8. The molecular weight excluding hydrogens is 344 g/mol. The molecule has 1 saturated carbocycles. The molecule has 1 rings (SSSR count). The lowest BCUT2D eigenvalue weighted by Crippen LogP contribution is -2.64. The van der Waals surface area contributed by atoms with Crippen molar-refractivity contribution in [3.8, 4) is 0 Å². The Balaban J connectivity index is 3.69. The van der Waals surface area contributed by atoms with Crippen LogP contribution in [-0.2, 0) is 38.1 Å². The lowest BCUT2D eigenvalue weighted by molar-refractivity contribution is -0.208. The molecule has 0 aliphatic heterocycles. The highest BCUT2D eigenvalue weighted by molar-refractivity contribution is 6.14. The van der Waals surface area contributed by atoms with Gasteiger partial charge >= 0.3 is 23.9 Å². The van der Waals surface area contributed by atoms with E-state index in [-0.39, 0.29) is 39.3 Å². The van der Waals surface area contributed by atoms with E-state index in [1.807, 2.05) is 0 Å². The molecule has 148 valence electrons. The van der Waals surface area contributed by atoms with Crippen molar-refractivity contribution in [1.29, 1.82) is 0 Å². The van der Waals surface area contributed by atoms with Crippen LogP contribution in [-0.4, -0.2) is 50.3 Å². The summed E-state index contributed by atoms with van der Waals surface area (Å²) in [7, 11) is 0. The molecule has 0 saturated heterocycles. The highest BCUT2D eigenvalue weighted by atomic mass is 16.6. The number of esters is 4. The van der Waals surface area contributed by atoms with Gasteiger partial charge in [-0.25, -0.2) is 0 Å². The molecule has 0 atom stereocenters. The van der Waals surface area contributed by atoms with Crippen LogP contribution in [0.3, 0.4) is 0 Å². The molecule has 0 aromatic rings.